The largest absolute Gasteiger partial charge is 0.505 e. The second-order valence-corrected chi connectivity index (χ2v) is 6.45. The molecule has 1 atom stereocenters. The number of nitrogens with one attached hydrogen (secondary N) is 1. The van der Waals surface area contributed by atoms with Gasteiger partial charge in [0.1, 0.15) is 5.56 Å². The van der Waals surface area contributed by atoms with Crippen molar-refractivity contribution in [3.8, 4) is 5.75 Å². The van der Waals surface area contributed by atoms with Gasteiger partial charge in [-0.3, -0.25) is 4.79 Å². The van der Waals surface area contributed by atoms with E-state index in [-0.39, 0.29) is 28.2 Å². The number of hydrogen-bond acceptors (Lipinski definition) is 5. The summed E-state index contributed by atoms with van der Waals surface area (Å²) in [5, 5.41) is 12.4. The lowest BCUT2D eigenvalue weighted by Crippen LogP contribution is -2.22. The molecule has 2 rings (SSSR count). The number of ether oxygens (including phenoxy) is 1. The average molecular weight is 345 g/mol. The second kappa shape index (κ2) is 8.40. The number of anilines is 1. The number of carbonyl (C=O) groups excluding carboxylic acids is 2. The molecular formula is C18H19NO4S. The van der Waals surface area contributed by atoms with Gasteiger partial charge in [0.2, 0.25) is 5.91 Å². The number of rotatable bonds is 6. The van der Waals surface area contributed by atoms with Gasteiger partial charge in [0.15, 0.2) is 5.75 Å². The standard InChI is InChI=1S/C18H19NO4S/c1-12(24-11-13-7-4-3-5-8-13)17(21)19-15-10-6-9-14(16(15)20)18(22)23-2/h3-10,12,20H,11H2,1-2H3,(H,19,21). The number of amides is 1. The van der Waals surface area contributed by atoms with Crippen LogP contribution in [0.5, 0.6) is 5.75 Å². The van der Waals surface area contributed by atoms with Crippen molar-refractivity contribution in [2.24, 2.45) is 0 Å². The highest BCUT2D eigenvalue weighted by Crippen LogP contribution is 2.29. The van der Waals surface area contributed by atoms with Gasteiger partial charge >= 0.3 is 5.97 Å². The van der Waals surface area contributed by atoms with Gasteiger partial charge in [-0.1, -0.05) is 36.4 Å². The number of esters is 1. The molecule has 0 saturated carbocycles. The molecule has 126 valence electrons. The molecular weight excluding hydrogens is 326 g/mol. The molecule has 1 unspecified atom stereocenters. The van der Waals surface area contributed by atoms with E-state index in [1.165, 1.54) is 31.0 Å². The fourth-order valence-electron chi connectivity index (χ4n) is 2.02. The Kier molecular flexibility index (Phi) is 6.26. The third kappa shape index (κ3) is 4.52. The maximum Gasteiger partial charge on any atom is 0.341 e. The van der Waals surface area contributed by atoms with Crippen molar-refractivity contribution >= 4 is 29.3 Å². The lowest BCUT2D eigenvalue weighted by molar-refractivity contribution is -0.115. The molecule has 2 aromatic carbocycles. The molecule has 0 aromatic heterocycles. The van der Waals surface area contributed by atoms with Gasteiger partial charge in [-0.25, -0.2) is 4.79 Å². The third-order valence-electron chi connectivity index (χ3n) is 3.41. The van der Waals surface area contributed by atoms with Crippen molar-refractivity contribution in [3.63, 3.8) is 0 Å². The quantitative estimate of drug-likeness (QED) is 0.619. The molecule has 0 heterocycles. The van der Waals surface area contributed by atoms with Gasteiger partial charge in [-0.2, -0.15) is 0 Å². The van der Waals surface area contributed by atoms with Crippen LogP contribution in [0.15, 0.2) is 48.5 Å². The van der Waals surface area contributed by atoms with Gasteiger partial charge in [0, 0.05) is 5.75 Å². The van der Waals surface area contributed by atoms with E-state index in [2.05, 4.69) is 10.1 Å². The van der Waals surface area contributed by atoms with Crippen molar-refractivity contribution in [2.45, 2.75) is 17.9 Å². The topological polar surface area (TPSA) is 75.6 Å². The Hall–Kier alpha value is -2.47. The first kappa shape index (κ1) is 17.9. The number of benzene rings is 2. The normalized spacial score (nSPS) is 11.6. The number of aromatic hydroxyl groups is 1. The molecule has 24 heavy (non-hydrogen) atoms. The maximum atomic E-state index is 12.3. The highest BCUT2D eigenvalue weighted by molar-refractivity contribution is 7.99. The summed E-state index contributed by atoms with van der Waals surface area (Å²) < 4.78 is 4.60. The van der Waals surface area contributed by atoms with Crippen LogP contribution in [0.2, 0.25) is 0 Å². The summed E-state index contributed by atoms with van der Waals surface area (Å²) in [6.45, 7) is 1.80. The van der Waals surface area contributed by atoms with Crippen molar-refractivity contribution in [2.75, 3.05) is 12.4 Å². The zero-order valence-corrected chi connectivity index (χ0v) is 14.3. The Balaban J connectivity index is 2.00. The van der Waals surface area contributed by atoms with Crippen LogP contribution in [0.1, 0.15) is 22.8 Å². The fraction of sp³-hybridized carbons (Fsp3) is 0.222. The summed E-state index contributed by atoms with van der Waals surface area (Å²) in [7, 11) is 1.23. The summed E-state index contributed by atoms with van der Waals surface area (Å²) in [4.78, 5) is 23.8. The molecule has 0 fully saturated rings. The summed E-state index contributed by atoms with van der Waals surface area (Å²) in [6.07, 6.45) is 0. The van der Waals surface area contributed by atoms with Crippen LogP contribution in [0.25, 0.3) is 0 Å². The minimum absolute atomic E-state index is 0.0138. The maximum absolute atomic E-state index is 12.3. The number of methoxy groups -OCH3 is 1. The molecule has 6 heteroatoms. The fourth-order valence-corrected chi connectivity index (χ4v) is 2.87. The molecule has 0 radical (unpaired) electrons. The van der Waals surface area contributed by atoms with Gasteiger partial charge in [-0.05, 0) is 24.6 Å². The molecule has 0 aliphatic heterocycles. The smallest absolute Gasteiger partial charge is 0.341 e. The van der Waals surface area contributed by atoms with Crippen LogP contribution in [0, 0.1) is 0 Å². The van der Waals surface area contributed by atoms with E-state index in [4.69, 9.17) is 0 Å². The van der Waals surface area contributed by atoms with E-state index in [0.717, 1.165) is 5.56 Å². The summed E-state index contributed by atoms with van der Waals surface area (Å²) in [5.74, 6) is -0.481. The zero-order chi connectivity index (χ0) is 17.5. The highest BCUT2D eigenvalue weighted by atomic mass is 32.2. The summed E-state index contributed by atoms with van der Waals surface area (Å²) in [6, 6.07) is 14.4. The minimum Gasteiger partial charge on any atom is -0.505 e. The first-order chi connectivity index (χ1) is 11.5. The van der Waals surface area contributed by atoms with Crippen molar-refractivity contribution in [3.05, 3.63) is 59.7 Å². The van der Waals surface area contributed by atoms with Crippen molar-refractivity contribution in [1.29, 1.82) is 0 Å². The van der Waals surface area contributed by atoms with Crippen LogP contribution in [-0.4, -0.2) is 29.3 Å². The van der Waals surface area contributed by atoms with E-state index in [1.54, 1.807) is 13.0 Å². The van der Waals surface area contributed by atoms with E-state index in [0.29, 0.717) is 5.75 Å². The van der Waals surface area contributed by atoms with Crippen LogP contribution in [0.4, 0.5) is 5.69 Å². The minimum atomic E-state index is -0.657. The van der Waals surface area contributed by atoms with Crippen LogP contribution < -0.4 is 5.32 Å². The van der Waals surface area contributed by atoms with Gasteiger partial charge in [-0.15, -0.1) is 11.8 Å². The van der Waals surface area contributed by atoms with Crippen molar-refractivity contribution in [1.82, 2.24) is 0 Å². The number of phenols is 1. The molecule has 2 aromatic rings. The van der Waals surface area contributed by atoms with Crippen LogP contribution in [-0.2, 0) is 15.3 Å². The van der Waals surface area contributed by atoms with Gasteiger partial charge < -0.3 is 15.2 Å². The number of hydrogen-bond donors (Lipinski definition) is 2. The van der Waals surface area contributed by atoms with E-state index in [1.807, 2.05) is 30.3 Å². The average Bonchev–Trinajstić information content (AvgIpc) is 2.61. The molecule has 2 N–H and O–H groups in total. The molecule has 0 spiro atoms. The van der Waals surface area contributed by atoms with Gasteiger partial charge in [0.25, 0.3) is 0 Å². The molecule has 0 saturated heterocycles. The first-order valence-corrected chi connectivity index (χ1v) is 8.44. The van der Waals surface area contributed by atoms with Crippen LogP contribution >= 0.6 is 11.8 Å². The van der Waals surface area contributed by atoms with E-state index < -0.39 is 5.97 Å². The molecule has 0 aliphatic carbocycles. The summed E-state index contributed by atoms with van der Waals surface area (Å²) in [5.41, 5.74) is 1.34. The highest BCUT2D eigenvalue weighted by Gasteiger charge is 2.19. The Morgan fingerprint density at radius 2 is 1.88 bits per heavy atom. The molecule has 5 nitrogen and oxygen atoms in total. The summed E-state index contributed by atoms with van der Waals surface area (Å²) >= 11 is 1.49. The lowest BCUT2D eigenvalue weighted by Gasteiger charge is -2.14. The predicted molar refractivity (Wildman–Crippen MR) is 95.3 cm³/mol. The molecule has 0 bridgehead atoms. The van der Waals surface area contributed by atoms with Crippen molar-refractivity contribution < 1.29 is 19.4 Å². The Morgan fingerprint density at radius 1 is 1.17 bits per heavy atom. The second-order valence-electron chi connectivity index (χ2n) is 5.12. The zero-order valence-electron chi connectivity index (χ0n) is 13.5. The molecule has 0 aliphatic rings. The third-order valence-corrected chi connectivity index (χ3v) is 4.63. The van der Waals surface area contributed by atoms with Crippen LogP contribution in [0.3, 0.4) is 0 Å². The predicted octanol–water partition coefficient (Wildman–Crippen LogP) is 3.44. The number of para-hydroxylation sites is 1. The van der Waals surface area contributed by atoms with Gasteiger partial charge in [0.05, 0.1) is 18.0 Å². The monoisotopic (exact) mass is 345 g/mol. The number of phenolic OH excluding ortho intramolecular Hbond substituents is 1. The Labute approximate surface area is 145 Å². The Morgan fingerprint density at radius 3 is 2.54 bits per heavy atom. The Bertz CT molecular complexity index is 718. The lowest BCUT2D eigenvalue weighted by atomic mass is 10.1. The number of thioether (sulfide) groups is 1. The van der Waals surface area contributed by atoms with E-state index in [9.17, 15) is 14.7 Å². The van der Waals surface area contributed by atoms with E-state index >= 15 is 0 Å². The first-order valence-electron chi connectivity index (χ1n) is 7.39. The molecule has 1 amide bonds. The SMILES string of the molecule is COC(=O)c1cccc(NC(=O)C(C)SCc2ccccc2)c1O. The number of carbonyl (C=O) groups is 2.